The van der Waals surface area contributed by atoms with E-state index in [1.165, 1.54) is 0 Å². The third kappa shape index (κ3) is 7.17. The summed E-state index contributed by atoms with van der Waals surface area (Å²) in [5, 5.41) is 0. The van der Waals surface area contributed by atoms with Crippen LogP contribution in [-0.2, 0) is 19.1 Å². The first-order chi connectivity index (χ1) is 6.20. The van der Waals surface area contributed by atoms with Crippen LogP contribution < -0.4 is 0 Å². The SMILES string of the molecule is O=C(CC(=O)OCCF)OCCF. The molecule has 0 amide bonds. The van der Waals surface area contributed by atoms with Crippen LogP contribution in [0.2, 0.25) is 0 Å². The fraction of sp³-hybridized carbons (Fsp3) is 0.714. The Kier molecular flexibility index (Phi) is 6.76. The average Bonchev–Trinajstić information content (AvgIpc) is 2.11. The largest absolute Gasteiger partial charge is 0.462 e. The van der Waals surface area contributed by atoms with Gasteiger partial charge in [0.25, 0.3) is 0 Å². The van der Waals surface area contributed by atoms with Crippen molar-refractivity contribution < 1.29 is 27.8 Å². The number of carbonyl (C=O) groups is 2. The van der Waals surface area contributed by atoms with Crippen molar-refractivity contribution in [2.24, 2.45) is 0 Å². The minimum Gasteiger partial charge on any atom is -0.462 e. The fourth-order valence-electron chi connectivity index (χ4n) is 0.525. The molecule has 0 aromatic carbocycles. The minimum absolute atomic E-state index is 0.380. The van der Waals surface area contributed by atoms with Crippen molar-refractivity contribution in [2.75, 3.05) is 26.6 Å². The summed E-state index contributed by atoms with van der Waals surface area (Å²) in [5.74, 6) is -1.75. The van der Waals surface area contributed by atoms with Crippen molar-refractivity contribution >= 4 is 11.9 Å². The maximum atomic E-state index is 11.5. The molecular weight excluding hydrogens is 186 g/mol. The Morgan fingerprint density at radius 3 is 1.62 bits per heavy atom. The number of halogens is 2. The highest BCUT2D eigenvalue weighted by Gasteiger charge is 2.11. The lowest BCUT2D eigenvalue weighted by Gasteiger charge is -2.02. The number of alkyl halides is 2. The molecule has 0 saturated heterocycles. The van der Waals surface area contributed by atoms with E-state index in [0.29, 0.717) is 0 Å². The van der Waals surface area contributed by atoms with Gasteiger partial charge in [0.15, 0.2) is 0 Å². The summed E-state index contributed by atoms with van der Waals surface area (Å²) in [4.78, 5) is 21.2. The molecule has 0 aromatic rings. The zero-order chi connectivity index (χ0) is 10.1. The summed E-state index contributed by atoms with van der Waals surface area (Å²) in [5.41, 5.74) is 0. The van der Waals surface area contributed by atoms with E-state index in [2.05, 4.69) is 9.47 Å². The second kappa shape index (κ2) is 7.45. The Labute approximate surface area is 73.8 Å². The highest BCUT2D eigenvalue weighted by Crippen LogP contribution is 1.91. The Balaban J connectivity index is 3.47. The first-order valence-electron chi connectivity index (χ1n) is 3.64. The summed E-state index contributed by atoms with van der Waals surface area (Å²) >= 11 is 0. The molecule has 0 fully saturated rings. The van der Waals surface area contributed by atoms with Gasteiger partial charge in [-0.2, -0.15) is 0 Å². The predicted octanol–water partition coefficient (Wildman–Crippen LogP) is 0.402. The summed E-state index contributed by atoms with van der Waals surface area (Å²) in [6.45, 7) is -2.36. The van der Waals surface area contributed by atoms with Crippen LogP contribution in [0.4, 0.5) is 8.78 Å². The summed E-state index contributed by atoms with van der Waals surface area (Å²) in [6, 6.07) is 0. The van der Waals surface area contributed by atoms with E-state index in [1.54, 1.807) is 0 Å². The van der Waals surface area contributed by atoms with Crippen LogP contribution in [0.3, 0.4) is 0 Å². The summed E-state index contributed by atoms with van der Waals surface area (Å²) in [6.07, 6.45) is -0.611. The van der Waals surface area contributed by atoms with E-state index >= 15 is 0 Å². The standard InChI is InChI=1S/C7H10F2O4/c8-1-3-12-6(10)5-7(11)13-4-2-9/h1-5H2. The molecule has 4 nitrogen and oxygen atoms in total. The van der Waals surface area contributed by atoms with Gasteiger partial charge in [0.1, 0.15) is 33.0 Å². The molecule has 0 aliphatic heterocycles. The van der Waals surface area contributed by atoms with Gasteiger partial charge in [0.2, 0.25) is 0 Å². The fourth-order valence-corrected chi connectivity index (χ4v) is 0.525. The van der Waals surface area contributed by atoms with E-state index in [9.17, 15) is 18.4 Å². The van der Waals surface area contributed by atoms with Crippen LogP contribution in [0, 0.1) is 0 Å². The molecule has 0 aliphatic rings. The Morgan fingerprint density at radius 1 is 0.923 bits per heavy atom. The monoisotopic (exact) mass is 196 g/mol. The van der Waals surface area contributed by atoms with Crippen molar-refractivity contribution in [2.45, 2.75) is 6.42 Å². The van der Waals surface area contributed by atoms with Crippen molar-refractivity contribution in [3.05, 3.63) is 0 Å². The lowest BCUT2D eigenvalue weighted by atomic mass is 10.4. The van der Waals surface area contributed by atoms with E-state index in [1.807, 2.05) is 0 Å². The van der Waals surface area contributed by atoms with Gasteiger partial charge < -0.3 is 9.47 Å². The Hall–Kier alpha value is -1.20. The van der Waals surface area contributed by atoms with Gasteiger partial charge in [0.05, 0.1) is 0 Å². The highest BCUT2D eigenvalue weighted by molar-refractivity contribution is 5.91. The minimum atomic E-state index is -0.874. The maximum absolute atomic E-state index is 11.5. The normalized spacial score (nSPS) is 9.38. The molecule has 0 unspecified atom stereocenters. The van der Waals surface area contributed by atoms with Gasteiger partial charge in [-0.15, -0.1) is 0 Å². The van der Waals surface area contributed by atoms with E-state index in [4.69, 9.17) is 0 Å². The van der Waals surface area contributed by atoms with Gasteiger partial charge in [-0.05, 0) is 0 Å². The molecule has 0 spiro atoms. The molecule has 6 heteroatoms. The zero-order valence-corrected chi connectivity index (χ0v) is 6.92. The van der Waals surface area contributed by atoms with Gasteiger partial charge in [-0.3, -0.25) is 9.59 Å². The highest BCUT2D eigenvalue weighted by atomic mass is 19.1. The lowest BCUT2D eigenvalue weighted by molar-refractivity contribution is -0.154. The summed E-state index contributed by atoms with van der Waals surface area (Å²) < 4.78 is 31.4. The number of carbonyl (C=O) groups excluding carboxylic acids is 2. The number of hydrogen-bond acceptors (Lipinski definition) is 4. The van der Waals surface area contributed by atoms with Crippen molar-refractivity contribution in [3.8, 4) is 0 Å². The van der Waals surface area contributed by atoms with Gasteiger partial charge in [0, 0.05) is 0 Å². The zero-order valence-electron chi connectivity index (χ0n) is 6.92. The first kappa shape index (κ1) is 11.8. The van der Waals surface area contributed by atoms with Crippen LogP contribution in [0.25, 0.3) is 0 Å². The molecule has 76 valence electrons. The topological polar surface area (TPSA) is 52.6 Å². The third-order valence-corrected chi connectivity index (χ3v) is 0.969. The molecule has 0 aliphatic carbocycles. The Bertz CT molecular complexity index is 154. The molecule has 0 atom stereocenters. The van der Waals surface area contributed by atoms with Crippen molar-refractivity contribution in [1.82, 2.24) is 0 Å². The number of esters is 2. The number of hydrogen-bond donors (Lipinski definition) is 0. The second-order valence-electron chi connectivity index (χ2n) is 2.00. The number of ether oxygens (including phenoxy) is 2. The summed E-state index contributed by atoms with van der Waals surface area (Å²) in [7, 11) is 0. The molecule has 13 heavy (non-hydrogen) atoms. The molecule has 0 heterocycles. The average molecular weight is 196 g/mol. The van der Waals surface area contributed by atoms with Crippen LogP contribution in [0.15, 0.2) is 0 Å². The van der Waals surface area contributed by atoms with Gasteiger partial charge in [-0.1, -0.05) is 0 Å². The lowest BCUT2D eigenvalue weighted by Crippen LogP contribution is -2.15. The molecular formula is C7H10F2O4. The van der Waals surface area contributed by atoms with Crippen LogP contribution in [-0.4, -0.2) is 38.5 Å². The smallest absolute Gasteiger partial charge is 0.317 e. The predicted molar refractivity (Wildman–Crippen MR) is 38.5 cm³/mol. The molecule has 0 bridgehead atoms. The van der Waals surface area contributed by atoms with Crippen LogP contribution in [0.5, 0.6) is 0 Å². The van der Waals surface area contributed by atoms with Gasteiger partial charge in [-0.25, -0.2) is 8.78 Å². The second-order valence-corrected chi connectivity index (χ2v) is 2.00. The van der Waals surface area contributed by atoms with Crippen molar-refractivity contribution in [1.29, 1.82) is 0 Å². The van der Waals surface area contributed by atoms with E-state index < -0.39 is 31.7 Å². The molecule has 0 aromatic heterocycles. The van der Waals surface area contributed by atoms with Gasteiger partial charge >= 0.3 is 11.9 Å². The first-order valence-corrected chi connectivity index (χ1v) is 3.64. The van der Waals surface area contributed by atoms with Crippen LogP contribution >= 0.6 is 0 Å². The molecule has 0 saturated carbocycles. The third-order valence-electron chi connectivity index (χ3n) is 0.969. The Morgan fingerprint density at radius 2 is 1.31 bits per heavy atom. The van der Waals surface area contributed by atoms with E-state index in [-0.39, 0.29) is 13.2 Å². The van der Waals surface area contributed by atoms with Crippen LogP contribution in [0.1, 0.15) is 6.42 Å². The molecule has 0 N–H and O–H groups in total. The molecule has 0 radical (unpaired) electrons. The van der Waals surface area contributed by atoms with E-state index in [0.717, 1.165) is 0 Å². The molecule has 0 rings (SSSR count). The maximum Gasteiger partial charge on any atom is 0.317 e. The van der Waals surface area contributed by atoms with Crippen molar-refractivity contribution in [3.63, 3.8) is 0 Å². The number of rotatable bonds is 6. The quantitative estimate of drug-likeness (QED) is 0.456.